The average Bonchev–Trinajstić information content (AvgIpc) is 2.33. The Bertz CT molecular complexity index is 458. The summed E-state index contributed by atoms with van der Waals surface area (Å²) in [4.78, 5) is 0. The van der Waals surface area contributed by atoms with Crippen LogP contribution in [-0.4, -0.2) is 5.11 Å². The second kappa shape index (κ2) is 4.90. The summed E-state index contributed by atoms with van der Waals surface area (Å²) < 4.78 is 1.58. The lowest BCUT2D eigenvalue weighted by Gasteiger charge is -2.16. The fraction of sp³-hybridized carbons (Fsp3) is 0.0769. The van der Waals surface area contributed by atoms with Crippen LogP contribution in [0.1, 0.15) is 5.56 Å². The molecule has 0 aliphatic carbocycles. The van der Waals surface area contributed by atoms with E-state index in [1.165, 1.54) is 0 Å². The maximum absolute atomic E-state index is 9.62. The molecule has 1 N–H and O–H groups in total. The van der Waals surface area contributed by atoms with Gasteiger partial charge in [-0.3, -0.25) is 4.42 Å². The van der Waals surface area contributed by atoms with Crippen molar-refractivity contribution in [1.82, 2.24) is 0 Å². The number of halogens is 1. The van der Waals surface area contributed by atoms with Gasteiger partial charge in [-0.05, 0) is 18.2 Å². The van der Waals surface area contributed by atoms with Crippen LogP contribution < -0.4 is 4.42 Å². The summed E-state index contributed by atoms with van der Waals surface area (Å²) in [5.74, 6) is 0.268. The first-order valence-electron chi connectivity index (χ1n) is 5.02. The van der Waals surface area contributed by atoms with Crippen molar-refractivity contribution in [3.8, 4) is 5.75 Å². The van der Waals surface area contributed by atoms with Crippen LogP contribution in [0.15, 0.2) is 54.6 Å². The summed E-state index contributed by atoms with van der Waals surface area (Å²) in [6, 6.07) is 16.8. The van der Waals surface area contributed by atoms with Crippen LogP contribution in [-0.2, 0) is 6.54 Å². The van der Waals surface area contributed by atoms with Gasteiger partial charge in [0.05, 0.1) is 12.2 Å². The molecule has 0 heterocycles. The smallest absolute Gasteiger partial charge is 0.120 e. The number of rotatable bonds is 3. The van der Waals surface area contributed by atoms with E-state index in [1.807, 2.05) is 42.5 Å². The number of anilines is 1. The van der Waals surface area contributed by atoms with E-state index in [4.69, 9.17) is 11.8 Å². The molecule has 0 aromatic heterocycles. The molecular formula is C13H12ClNO. The van der Waals surface area contributed by atoms with Crippen molar-refractivity contribution in [3.63, 3.8) is 0 Å². The highest BCUT2D eigenvalue weighted by atomic mass is 35.5. The molecule has 2 rings (SSSR count). The molecule has 0 amide bonds. The van der Waals surface area contributed by atoms with Gasteiger partial charge in [0.15, 0.2) is 0 Å². The normalized spacial score (nSPS) is 10.1. The van der Waals surface area contributed by atoms with E-state index in [0.717, 1.165) is 11.3 Å². The molecule has 0 saturated heterocycles. The predicted molar refractivity (Wildman–Crippen MR) is 66.6 cm³/mol. The summed E-state index contributed by atoms with van der Waals surface area (Å²) in [7, 11) is 0. The molecule has 0 fully saturated rings. The minimum atomic E-state index is 0.268. The third-order valence-electron chi connectivity index (χ3n) is 2.34. The van der Waals surface area contributed by atoms with Crippen LogP contribution in [0.25, 0.3) is 0 Å². The number of hydrogen-bond acceptors (Lipinski definition) is 2. The van der Waals surface area contributed by atoms with Crippen LogP contribution in [0, 0.1) is 0 Å². The summed E-state index contributed by atoms with van der Waals surface area (Å²) >= 11 is 6.13. The molecule has 0 saturated carbocycles. The predicted octanol–water partition coefficient (Wildman–Crippen LogP) is 3.55. The molecule has 2 aromatic carbocycles. The molecule has 16 heavy (non-hydrogen) atoms. The Morgan fingerprint density at radius 1 is 0.938 bits per heavy atom. The third kappa shape index (κ3) is 2.47. The number of phenolic OH excluding ortho intramolecular Hbond substituents is 1. The largest absolute Gasteiger partial charge is 0.508 e. The highest BCUT2D eigenvalue weighted by molar-refractivity contribution is 6.25. The molecule has 2 nitrogen and oxygen atoms in total. The fourth-order valence-electron chi connectivity index (χ4n) is 1.48. The lowest BCUT2D eigenvalue weighted by atomic mass is 10.2. The van der Waals surface area contributed by atoms with E-state index < -0.39 is 0 Å². The zero-order chi connectivity index (χ0) is 11.4. The lowest BCUT2D eigenvalue weighted by molar-refractivity contribution is 0.468. The van der Waals surface area contributed by atoms with Crippen molar-refractivity contribution < 1.29 is 5.11 Å². The van der Waals surface area contributed by atoms with Crippen molar-refractivity contribution in [3.05, 3.63) is 60.2 Å². The number of aromatic hydroxyl groups is 1. The molecule has 0 aliphatic rings. The van der Waals surface area contributed by atoms with Crippen molar-refractivity contribution in [2.24, 2.45) is 0 Å². The summed E-state index contributed by atoms with van der Waals surface area (Å²) in [6.45, 7) is 0.470. The molecule has 2 aromatic rings. The first-order chi connectivity index (χ1) is 7.77. The number of hydrogen-bond donors (Lipinski definition) is 1. The minimum Gasteiger partial charge on any atom is -0.508 e. The Morgan fingerprint density at radius 3 is 2.25 bits per heavy atom. The van der Waals surface area contributed by atoms with E-state index in [2.05, 4.69) is 0 Å². The highest BCUT2D eigenvalue weighted by Gasteiger charge is 2.06. The average molecular weight is 234 g/mol. The SMILES string of the molecule is Oc1ccccc1CN(Cl)c1ccccc1. The van der Waals surface area contributed by atoms with Crippen LogP contribution in [0.2, 0.25) is 0 Å². The maximum atomic E-state index is 9.62. The summed E-state index contributed by atoms with van der Waals surface area (Å²) in [5, 5.41) is 9.62. The Hall–Kier alpha value is -1.67. The van der Waals surface area contributed by atoms with Gasteiger partial charge in [-0.25, -0.2) is 0 Å². The molecule has 0 spiro atoms. The standard InChI is InChI=1S/C13H12ClNO/c14-15(12-7-2-1-3-8-12)10-11-6-4-5-9-13(11)16/h1-9,16H,10H2. The zero-order valence-electron chi connectivity index (χ0n) is 8.68. The van der Waals surface area contributed by atoms with Crippen molar-refractivity contribution in [1.29, 1.82) is 0 Å². The van der Waals surface area contributed by atoms with Crippen LogP contribution >= 0.6 is 11.8 Å². The van der Waals surface area contributed by atoms with Crippen molar-refractivity contribution in [2.75, 3.05) is 4.42 Å². The molecule has 0 radical (unpaired) electrons. The first-order valence-corrected chi connectivity index (χ1v) is 5.36. The van der Waals surface area contributed by atoms with E-state index in [0.29, 0.717) is 6.54 Å². The fourth-order valence-corrected chi connectivity index (χ4v) is 1.72. The number of para-hydroxylation sites is 2. The number of nitrogens with zero attached hydrogens (tertiary/aromatic N) is 1. The Labute approximate surface area is 99.8 Å². The second-order valence-corrected chi connectivity index (χ2v) is 3.89. The van der Waals surface area contributed by atoms with Crippen LogP contribution in [0.5, 0.6) is 5.75 Å². The quantitative estimate of drug-likeness (QED) is 0.820. The molecular weight excluding hydrogens is 222 g/mol. The molecule has 0 bridgehead atoms. The summed E-state index contributed by atoms with van der Waals surface area (Å²) in [5.41, 5.74) is 1.72. The summed E-state index contributed by atoms with van der Waals surface area (Å²) in [6.07, 6.45) is 0. The van der Waals surface area contributed by atoms with Gasteiger partial charge in [0, 0.05) is 17.3 Å². The van der Waals surface area contributed by atoms with Crippen LogP contribution in [0.3, 0.4) is 0 Å². The maximum Gasteiger partial charge on any atom is 0.120 e. The molecule has 3 heteroatoms. The van der Waals surface area contributed by atoms with Gasteiger partial charge >= 0.3 is 0 Å². The molecule has 0 aliphatic heterocycles. The Morgan fingerprint density at radius 2 is 1.56 bits per heavy atom. The lowest BCUT2D eigenvalue weighted by Crippen LogP contribution is -2.09. The second-order valence-electron chi connectivity index (χ2n) is 3.48. The first kappa shape index (κ1) is 10.8. The number of phenols is 1. The minimum absolute atomic E-state index is 0.268. The van der Waals surface area contributed by atoms with Gasteiger partial charge in [-0.2, -0.15) is 0 Å². The van der Waals surface area contributed by atoms with E-state index in [9.17, 15) is 5.11 Å². The van der Waals surface area contributed by atoms with Gasteiger partial charge in [-0.15, -0.1) is 0 Å². The molecule has 82 valence electrons. The van der Waals surface area contributed by atoms with Crippen LogP contribution in [0.4, 0.5) is 5.69 Å². The Kier molecular flexibility index (Phi) is 3.32. The van der Waals surface area contributed by atoms with E-state index >= 15 is 0 Å². The highest BCUT2D eigenvalue weighted by Crippen LogP contribution is 2.23. The van der Waals surface area contributed by atoms with Gasteiger partial charge in [0.25, 0.3) is 0 Å². The van der Waals surface area contributed by atoms with Gasteiger partial charge in [0.2, 0.25) is 0 Å². The van der Waals surface area contributed by atoms with Crippen molar-refractivity contribution in [2.45, 2.75) is 6.54 Å². The topological polar surface area (TPSA) is 23.5 Å². The molecule has 0 unspecified atom stereocenters. The van der Waals surface area contributed by atoms with E-state index in [-0.39, 0.29) is 5.75 Å². The monoisotopic (exact) mass is 233 g/mol. The Balaban J connectivity index is 2.14. The van der Waals surface area contributed by atoms with Gasteiger partial charge in [-0.1, -0.05) is 36.4 Å². The molecule has 0 atom stereocenters. The van der Waals surface area contributed by atoms with Gasteiger partial charge in [0.1, 0.15) is 5.75 Å². The third-order valence-corrected chi connectivity index (χ3v) is 2.65. The zero-order valence-corrected chi connectivity index (χ0v) is 9.43. The van der Waals surface area contributed by atoms with Gasteiger partial charge < -0.3 is 5.11 Å². The van der Waals surface area contributed by atoms with E-state index in [1.54, 1.807) is 16.6 Å². The number of benzene rings is 2. The van der Waals surface area contributed by atoms with Crippen molar-refractivity contribution >= 4 is 17.5 Å².